The Morgan fingerprint density at radius 2 is 1.89 bits per heavy atom. The molecule has 3 heteroatoms. The van der Waals surface area contributed by atoms with Crippen LogP contribution in [0.25, 0.3) is 10.9 Å². The summed E-state index contributed by atoms with van der Waals surface area (Å²) in [5.74, 6) is -0.657. The van der Waals surface area contributed by atoms with Crippen molar-refractivity contribution in [3.8, 4) is 0 Å². The number of carboxylic acid groups (broad SMARTS) is 1. The molecule has 0 atom stereocenters. The summed E-state index contributed by atoms with van der Waals surface area (Å²) < 4.78 is 1.80. The second-order valence-corrected chi connectivity index (χ2v) is 5.26. The lowest BCUT2D eigenvalue weighted by molar-refractivity contribution is 0.0685. The Balaban J connectivity index is 3.02. The minimum absolute atomic E-state index is 0.196. The molecule has 1 aromatic carbocycles. The smallest absolute Gasteiger partial charge is 0.352 e. The molecule has 0 unspecified atom stereocenters. The van der Waals surface area contributed by atoms with Gasteiger partial charge in [0.15, 0.2) is 0 Å². The Kier molecular flexibility index (Phi) is 2.93. The zero-order valence-electron chi connectivity index (χ0n) is 11.5. The van der Waals surface area contributed by atoms with Crippen LogP contribution in [0, 0.1) is 13.8 Å². The van der Waals surface area contributed by atoms with Gasteiger partial charge in [-0.2, -0.15) is 0 Å². The summed E-state index contributed by atoms with van der Waals surface area (Å²) in [7, 11) is 1.83. The van der Waals surface area contributed by atoms with Crippen molar-refractivity contribution in [1.29, 1.82) is 0 Å². The summed E-state index contributed by atoms with van der Waals surface area (Å²) in [6.07, 6.45) is 0. The lowest BCUT2D eigenvalue weighted by Gasteiger charge is -2.07. The highest BCUT2D eigenvalue weighted by atomic mass is 16.4. The van der Waals surface area contributed by atoms with Crippen LogP contribution in [0.4, 0.5) is 0 Å². The van der Waals surface area contributed by atoms with E-state index >= 15 is 0 Å². The van der Waals surface area contributed by atoms with Crippen LogP contribution in [0.1, 0.15) is 46.9 Å². The van der Waals surface area contributed by atoms with Gasteiger partial charge in [0.1, 0.15) is 5.69 Å². The third-order valence-corrected chi connectivity index (χ3v) is 3.46. The van der Waals surface area contributed by atoms with Crippen LogP contribution in [0.15, 0.2) is 12.1 Å². The molecule has 18 heavy (non-hydrogen) atoms. The molecule has 1 heterocycles. The Morgan fingerprint density at radius 1 is 1.28 bits per heavy atom. The lowest BCUT2D eigenvalue weighted by Crippen LogP contribution is -2.08. The molecule has 0 radical (unpaired) electrons. The zero-order chi connectivity index (χ0) is 13.6. The highest BCUT2D eigenvalue weighted by Gasteiger charge is 2.23. The van der Waals surface area contributed by atoms with Crippen LogP contribution in [0.5, 0.6) is 0 Å². The number of aromatic carboxylic acids is 1. The monoisotopic (exact) mass is 245 g/mol. The van der Waals surface area contributed by atoms with E-state index in [-0.39, 0.29) is 5.92 Å². The molecule has 0 bridgehead atoms. The van der Waals surface area contributed by atoms with E-state index in [0.29, 0.717) is 5.69 Å². The topological polar surface area (TPSA) is 42.2 Å². The van der Waals surface area contributed by atoms with Crippen molar-refractivity contribution >= 4 is 16.9 Å². The molecule has 3 nitrogen and oxygen atoms in total. The largest absolute Gasteiger partial charge is 0.477 e. The molecule has 96 valence electrons. The Morgan fingerprint density at radius 3 is 2.39 bits per heavy atom. The first-order chi connectivity index (χ1) is 8.34. The molecular formula is C15H19NO2. The predicted octanol–water partition coefficient (Wildman–Crippen LogP) is 3.62. The number of rotatable bonds is 2. The maximum absolute atomic E-state index is 11.5. The SMILES string of the molecule is Cc1cc(C)c2c(C(C)C)c(C(=O)O)n(C)c2c1. The van der Waals surface area contributed by atoms with Crippen molar-refractivity contribution in [1.82, 2.24) is 4.57 Å². The van der Waals surface area contributed by atoms with Crippen LogP contribution >= 0.6 is 0 Å². The van der Waals surface area contributed by atoms with Crippen molar-refractivity contribution in [2.24, 2.45) is 7.05 Å². The molecule has 0 aliphatic heterocycles. The number of hydrogen-bond acceptors (Lipinski definition) is 1. The van der Waals surface area contributed by atoms with Crippen molar-refractivity contribution < 1.29 is 9.90 Å². The third kappa shape index (κ3) is 1.70. The third-order valence-electron chi connectivity index (χ3n) is 3.46. The van der Waals surface area contributed by atoms with Gasteiger partial charge in [0.25, 0.3) is 0 Å². The number of aryl methyl sites for hydroxylation is 3. The van der Waals surface area contributed by atoms with E-state index in [4.69, 9.17) is 0 Å². The maximum Gasteiger partial charge on any atom is 0.352 e. The first-order valence-electron chi connectivity index (χ1n) is 6.17. The van der Waals surface area contributed by atoms with Crippen molar-refractivity contribution in [2.45, 2.75) is 33.6 Å². The van der Waals surface area contributed by atoms with E-state index in [1.54, 1.807) is 4.57 Å². The van der Waals surface area contributed by atoms with Gasteiger partial charge in [-0.1, -0.05) is 19.9 Å². The number of carboxylic acids is 1. The number of hydrogen-bond donors (Lipinski definition) is 1. The first-order valence-corrected chi connectivity index (χ1v) is 6.17. The van der Waals surface area contributed by atoms with Gasteiger partial charge >= 0.3 is 5.97 Å². The summed E-state index contributed by atoms with van der Waals surface area (Å²) in [4.78, 5) is 11.5. The lowest BCUT2D eigenvalue weighted by atomic mass is 9.96. The normalized spacial score (nSPS) is 11.4. The summed E-state index contributed by atoms with van der Waals surface area (Å²) in [5, 5.41) is 10.5. The van der Waals surface area contributed by atoms with Gasteiger partial charge in [0, 0.05) is 18.0 Å². The van der Waals surface area contributed by atoms with Crippen molar-refractivity contribution in [2.75, 3.05) is 0 Å². The Bertz CT molecular complexity index is 636. The summed E-state index contributed by atoms with van der Waals surface area (Å²) >= 11 is 0. The highest BCUT2D eigenvalue weighted by molar-refractivity contribution is 6.00. The molecule has 0 amide bonds. The van der Waals surface area contributed by atoms with Gasteiger partial charge in [0.05, 0.1) is 0 Å². The quantitative estimate of drug-likeness (QED) is 0.878. The minimum atomic E-state index is -0.852. The van der Waals surface area contributed by atoms with Gasteiger partial charge in [-0.25, -0.2) is 4.79 Å². The van der Waals surface area contributed by atoms with Crippen LogP contribution in [-0.4, -0.2) is 15.6 Å². The average molecular weight is 245 g/mol. The van der Waals surface area contributed by atoms with Crippen LogP contribution in [-0.2, 0) is 7.05 Å². The predicted molar refractivity (Wildman–Crippen MR) is 73.4 cm³/mol. The average Bonchev–Trinajstić information content (AvgIpc) is 2.52. The highest BCUT2D eigenvalue weighted by Crippen LogP contribution is 2.34. The first kappa shape index (κ1) is 12.7. The molecule has 1 N–H and O–H groups in total. The van der Waals surface area contributed by atoms with Gasteiger partial charge in [-0.05, 0) is 42.5 Å². The maximum atomic E-state index is 11.5. The van der Waals surface area contributed by atoms with E-state index < -0.39 is 5.97 Å². The Hall–Kier alpha value is -1.77. The van der Waals surface area contributed by atoms with Crippen LogP contribution in [0.2, 0.25) is 0 Å². The molecule has 1 aromatic heterocycles. The van der Waals surface area contributed by atoms with Crippen molar-refractivity contribution in [3.05, 3.63) is 34.5 Å². The molecule has 0 spiro atoms. The number of carbonyl (C=O) groups is 1. The molecule has 0 aliphatic rings. The fraction of sp³-hybridized carbons (Fsp3) is 0.400. The minimum Gasteiger partial charge on any atom is -0.477 e. The van der Waals surface area contributed by atoms with E-state index in [9.17, 15) is 9.90 Å². The summed E-state index contributed by atoms with van der Waals surface area (Å²) in [6, 6.07) is 4.17. The van der Waals surface area contributed by atoms with Crippen LogP contribution in [0.3, 0.4) is 0 Å². The number of nitrogens with zero attached hydrogens (tertiary/aromatic N) is 1. The standard InChI is InChI=1S/C15H19NO2/c1-8(2)12-13-10(4)6-9(3)7-11(13)16(5)14(12)15(17)18/h6-8H,1-5H3,(H,17,18). The van der Waals surface area contributed by atoms with Crippen LogP contribution < -0.4 is 0 Å². The molecule has 0 saturated carbocycles. The van der Waals surface area contributed by atoms with Gasteiger partial charge in [-0.3, -0.25) is 0 Å². The number of fused-ring (bicyclic) bond motifs is 1. The summed E-state index contributed by atoms with van der Waals surface area (Å²) in [6.45, 7) is 8.17. The second-order valence-electron chi connectivity index (χ2n) is 5.26. The zero-order valence-corrected chi connectivity index (χ0v) is 11.5. The molecule has 0 fully saturated rings. The fourth-order valence-electron chi connectivity index (χ4n) is 2.80. The second kappa shape index (κ2) is 4.16. The van der Waals surface area contributed by atoms with Gasteiger partial charge < -0.3 is 9.67 Å². The molecular weight excluding hydrogens is 226 g/mol. The molecule has 2 rings (SSSR count). The number of aromatic nitrogens is 1. The Labute approximate surface area is 107 Å². The van der Waals surface area contributed by atoms with E-state index in [0.717, 1.165) is 27.6 Å². The molecule has 0 aliphatic carbocycles. The van der Waals surface area contributed by atoms with E-state index in [1.807, 2.05) is 34.7 Å². The van der Waals surface area contributed by atoms with Crippen molar-refractivity contribution in [3.63, 3.8) is 0 Å². The molecule has 0 saturated heterocycles. The van der Waals surface area contributed by atoms with Gasteiger partial charge in [-0.15, -0.1) is 0 Å². The fourth-order valence-corrected chi connectivity index (χ4v) is 2.80. The number of benzene rings is 1. The van der Waals surface area contributed by atoms with Gasteiger partial charge in [0.2, 0.25) is 0 Å². The molecule has 2 aromatic rings. The summed E-state index contributed by atoms with van der Waals surface area (Å²) in [5.41, 5.74) is 4.67. The van der Waals surface area contributed by atoms with E-state index in [1.165, 1.54) is 0 Å². The van der Waals surface area contributed by atoms with E-state index in [2.05, 4.69) is 12.1 Å².